The number of carbonyl (C=O) groups is 1. The highest BCUT2D eigenvalue weighted by molar-refractivity contribution is 7.13. The number of carbonyl (C=O) groups excluding carboxylic acids is 1. The zero-order chi connectivity index (χ0) is 19.3. The van der Waals surface area contributed by atoms with Gasteiger partial charge in [0.05, 0.1) is 10.9 Å². The molecule has 1 aliphatic rings. The van der Waals surface area contributed by atoms with Crippen LogP contribution in [0.3, 0.4) is 0 Å². The van der Waals surface area contributed by atoms with Gasteiger partial charge in [-0.15, -0.1) is 11.3 Å². The number of thiophene rings is 1. The summed E-state index contributed by atoms with van der Waals surface area (Å²) in [6.45, 7) is 2.03. The van der Waals surface area contributed by atoms with Crippen molar-refractivity contribution in [1.82, 2.24) is 14.7 Å². The molecule has 146 valence electrons. The predicted octanol–water partition coefficient (Wildman–Crippen LogP) is 4.41. The first kappa shape index (κ1) is 18.8. The summed E-state index contributed by atoms with van der Waals surface area (Å²) < 4.78 is 6.97. The number of aromatic nitrogens is 3. The van der Waals surface area contributed by atoms with Crippen molar-refractivity contribution >= 4 is 17.2 Å². The van der Waals surface area contributed by atoms with Gasteiger partial charge in [-0.05, 0) is 48.9 Å². The predicted molar refractivity (Wildman–Crippen MR) is 108 cm³/mol. The Bertz CT molecular complexity index is 998. The van der Waals surface area contributed by atoms with Crippen LogP contribution >= 0.6 is 11.3 Å². The Hall–Kier alpha value is -2.54. The number of rotatable bonds is 5. The molecule has 3 aromatic rings. The molecule has 1 fully saturated rings. The number of hydrogen-bond acceptors (Lipinski definition) is 6. The third-order valence-electron chi connectivity index (χ3n) is 5.01. The number of aryl methyl sites for hydroxylation is 2. The zero-order valence-electron chi connectivity index (χ0n) is 16.0. The van der Waals surface area contributed by atoms with Crippen LogP contribution in [0.25, 0.3) is 10.7 Å². The van der Waals surface area contributed by atoms with E-state index in [-0.39, 0.29) is 5.91 Å². The second-order valence-electron chi connectivity index (χ2n) is 7.24. The lowest BCUT2D eigenvalue weighted by atomic mass is 9.96. The third-order valence-corrected chi connectivity index (χ3v) is 5.88. The van der Waals surface area contributed by atoms with Gasteiger partial charge in [0.15, 0.2) is 0 Å². The molecule has 1 aliphatic carbocycles. The van der Waals surface area contributed by atoms with E-state index in [1.807, 2.05) is 42.8 Å². The molecule has 28 heavy (non-hydrogen) atoms. The van der Waals surface area contributed by atoms with Crippen LogP contribution in [-0.2, 0) is 6.42 Å². The van der Waals surface area contributed by atoms with Gasteiger partial charge in [0.1, 0.15) is 5.49 Å². The summed E-state index contributed by atoms with van der Waals surface area (Å²) in [5.41, 5.74) is 1.86. The number of pyridine rings is 1. The summed E-state index contributed by atoms with van der Waals surface area (Å²) in [4.78, 5) is 23.1. The molecule has 0 aliphatic heterocycles. The van der Waals surface area contributed by atoms with E-state index in [2.05, 4.69) is 10.1 Å². The SMILES string of the molecule is Cc1ccn(C(=O)CCc2nc(-c3cccs3)no2)c(=NC2CCCCC2)c1. The van der Waals surface area contributed by atoms with Crippen LogP contribution in [0.15, 0.2) is 45.4 Å². The van der Waals surface area contributed by atoms with Gasteiger partial charge >= 0.3 is 0 Å². The zero-order valence-corrected chi connectivity index (χ0v) is 16.8. The van der Waals surface area contributed by atoms with E-state index in [9.17, 15) is 4.79 Å². The fraction of sp³-hybridized carbons (Fsp3) is 0.429. The summed E-state index contributed by atoms with van der Waals surface area (Å²) in [5.74, 6) is 1.05. The van der Waals surface area contributed by atoms with Crippen molar-refractivity contribution in [2.24, 2.45) is 4.99 Å². The lowest BCUT2D eigenvalue weighted by molar-refractivity contribution is 0.0893. The normalized spacial score (nSPS) is 15.8. The second-order valence-corrected chi connectivity index (χ2v) is 8.18. The molecule has 1 saturated carbocycles. The van der Waals surface area contributed by atoms with E-state index in [4.69, 9.17) is 9.52 Å². The third kappa shape index (κ3) is 4.47. The van der Waals surface area contributed by atoms with Gasteiger partial charge in [-0.2, -0.15) is 4.98 Å². The minimum atomic E-state index is -0.00886. The van der Waals surface area contributed by atoms with Crippen LogP contribution in [0.1, 0.15) is 54.8 Å². The van der Waals surface area contributed by atoms with Crippen molar-refractivity contribution in [3.05, 3.63) is 52.8 Å². The first-order valence-electron chi connectivity index (χ1n) is 9.82. The maximum absolute atomic E-state index is 12.8. The van der Waals surface area contributed by atoms with Crippen LogP contribution in [-0.4, -0.2) is 26.7 Å². The molecule has 7 heteroatoms. The Balaban J connectivity index is 1.48. The van der Waals surface area contributed by atoms with Gasteiger partial charge < -0.3 is 4.52 Å². The maximum atomic E-state index is 12.8. The van der Waals surface area contributed by atoms with E-state index < -0.39 is 0 Å². The minimum absolute atomic E-state index is 0.00886. The van der Waals surface area contributed by atoms with Crippen LogP contribution in [0.5, 0.6) is 0 Å². The largest absolute Gasteiger partial charge is 0.339 e. The Kier molecular flexibility index (Phi) is 5.81. The van der Waals surface area contributed by atoms with Gasteiger partial charge in [0.2, 0.25) is 17.6 Å². The van der Waals surface area contributed by atoms with E-state index >= 15 is 0 Å². The first-order chi connectivity index (χ1) is 13.7. The lowest BCUT2D eigenvalue weighted by Gasteiger charge is -2.18. The van der Waals surface area contributed by atoms with Gasteiger partial charge in [-0.25, -0.2) is 0 Å². The van der Waals surface area contributed by atoms with E-state index in [1.165, 1.54) is 19.3 Å². The van der Waals surface area contributed by atoms with Crippen LogP contribution in [0, 0.1) is 6.92 Å². The molecule has 0 radical (unpaired) electrons. The van der Waals surface area contributed by atoms with Crippen LogP contribution in [0.2, 0.25) is 0 Å². The topological polar surface area (TPSA) is 73.3 Å². The first-order valence-corrected chi connectivity index (χ1v) is 10.7. The average molecular weight is 397 g/mol. The quantitative estimate of drug-likeness (QED) is 0.640. The molecule has 0 amide bonds. The molecular weight excluding hydrogens is 372 g/mol. The molecule has 3 heterocycles. The molecule has 0 bridgehead atoms. The van der Waals surface area contributed by atoms with Gasteiger partial charge in [0, 0.05) is 19.0 Å². The smallest absolute Gasteiger partial charge is 0.232 e. The van der Waals surface area contributed by atoms with Crippen molar-refractivity contribution in [3.63, 3.8) is 0 Å². The summed E-state index contributed by atoms with van der Waals surface area (Å²) >= 11 is 1.56. The molecule has 0 atom stereocenters. The van der Waals surface area contributed by atoms with Crippen molar-refractivity contribution in [2.45, 2.75) is 57.9 Å². The Morgan fingerprint density at radius 2 is 2.18 bits per heavy atom. The van der Waals surface area contributed by atoms with Crippen molar-refractivity contribution in [2.75, 3.05) is 0 Å². The van der Waals surface area contributed by atoms with Crippen molar-refractivity contribution in [3.8, 4) is 10.7 Å². The van der Waals surface area contributed by atoms with Gasteiger partial charge in [-0.1, -0.05) is 30.5 Å². The van der Waals surface area contributed by atoms with Gasteiger partial charge in [0.25, 0.3) is 0 Å². The fourth-order valence-electron chi connectivity index (χ4n) is 3.49. The van der Waals surface area contributed by atoms with E-state index in [1.54, 1.807) is 15.9 Å². The molecule has 4 rings (SSSR count). The molecule has 0 spiro atoms. The summed E-state index contributed by atoms with van der Waals surface area (Å²) in [6, 6.07) is 8.16. The summed E-state index contributed by atoms with van der Waals surface area (Å²) in [6.07, 6.45) is 8.48. The fourth-order valence-corrected chi connectivity index (χ4v) is 4.14. The van der Waals surface area contributed by atoms with E-state index in [0.717, 1.165) is 28.8 Å². The number of nitrogens with zero attached hydrogens (tertiary/aromatic N) is 4. The highest BCUT2D eigenvalue weighted by Crippen LogP contribution is 2.22. The highest BCUT2D eigenvalue weighted by Gasteiger charge is 2.15. The molecule has 0 N–H and O–H groups in total. The van der Waals surface area contributed by atoms with Gasteiger partial charge in [-0.3, -0.25) is 14.4 Å². The molecule has 0 saturated heterocycles. The lowest BCUT2D eigenvalue weighted by Crippen LogP contribution is -2.29. The van der Waals surface area contributed by atoms with Crippen LogP contribution in [0.4, 0.5) is 0 Å². The minimum Gasteiger partial charge on any atom is -0.339 e. The molecule has 6 nitrogen and oxygen atoms in total. The molecule has 0 aromatic carbocycles. The molecular formula is C21H24N4O2S. The monoisotopic (exact) mass is 396 g/mol. The summed E-state index contributed by atoms with van der Waals surface area (Å²) in [7, 11) is 0. The molecule has 3 aromatic heterocycles. The maximum Gasteiger partial charge on any atom is 0.232 e. The number of hydrogen-bond donors (Lipinski definition) is 0. The Morgan fingerprint density at radius 3 is 2.96 bits per heavy atom. The standard InChI is InChI=1S/C21H24N4O2S/c1-15-11-12-25(18(14-15)22-16-6-3-2-4-7-16)20(26)10-9-19-23-21(24-27-19)17-8-5-13-28-17/h5,8,11-14,16H,2-4,6-7,9-10H2,1H3. The van der Waals surface area contributed by atoms with Crippen molar-refractivity contribution in [1.29, 1.82) is 0 Å². The Morgan fingerprint density at radius 1 is 1.32 bits per heavy atom. The van der Waals surface area contributed by atoms with E-state index in [0.29, 0.717) is 30.6 Å². The highest BCUT2D eigenvalue weighted by atomic mass is 32.1. The molecule has 0 unspecified atom stereocenters. The summed E-state index contributed by atoms with van der Waals surface area (Å²) in [5, 5.41) is 5.98. The van der Waals surface area contributed by atoms with Crippen LogP contribution < -0.4 is 5.49 Å². The average Bonchev–Trinajstić information content (AvgIpc) is 3.39. The Labute approximate surface area is 168 Å². The van der Waals surface area contributed by atoms with Crippen molar-refractivity contribution < 1.29 is 9.32 Å². The second kappa shape index (κ2) is 8.65.